The van der Waals surface area contributed by atoms with Crippen molar-refractivity contribution in [3.63, 3.8) is 0 Å². The number of aromatic amines is 1. The van der Waals surface area contributed by atoms with Crippen molar-refractivity contribution in [2.24, 2.45) is 0 Å². The Morgan fingerprint density at radius 2 is 2.10 bits per heavy atom. The summed E-state index contributed by atoms with van der Waals surface area (Å²) in [6, 6.07) is 6.85. The maximum Gasteiger partial charge on any atom is 0.241 e. The molecule has 0 aliphatic carbocycles. The van der Waals surface area contributed by atoms with Crippen LogP contribution in [0.1, 0.15) is 5.82 Å². The Balaban J connectivity index is 1.83. The first-order valence-electron chi connectivity index (χ1n) is 6.47. The van der Waals surface area contributed by atoms with E-state index in [1.54, 1.807) is 43.0 Å². The average molecular weight is 302 g/mol. The summed E-state index contributed by atoms with van der Waals surface area (Å²) < 4.78 is 27.4. The van der Waals surface area contributed by atoms with Crippen LogP contribution in [0.4, 0.5) is 0 Å². The lowest BCUT2D eigenvalue weighted by Crippen LogP contribution is -2.26. The molecule has 0 aliphatic rings. The van der Waals surface area contributed by atoms with Gasteiger partial charge in [0.05, 0.1) is 4.90 Å². The van der Waals surface area contributed by atoms with Gasteiger partial charge in [0.25, 0.3) is 0 Å². The number of hydrogen-bond acceptors (Lipinski definition) is 4. The van der Waals surface area contributed by atoms with Gasteiger partial charge in [-0.1, -0.05) is 12.1 Å². The molecule has 0 saturated heterocycles. The number of nitrogens with zero attached hydrogens (tertiary/aromatic N) is 2. The SMILES string of the molecule is O=S(=O)(NCCc1ncc[nH]1)c1cccc2cnccc12. The number of fused-ring (bicyclic) bond motifs is 1. The first-order valence-corrected chi connectivity index (χ1v) is 7.96. The molecule has 0 bridgehead atoms. The summed E-state index contributed by atoms with van der Waals surface area (Å²) in [7, 11) is -3.56. The van der Waals surface area contributed by atoms with Gasteiger partial charge in [0, 0.05) is 48.5 Å². The molecule has 0 amide bonds. The van der Waals surface area contributed by atoms with Crippen LogP contribution >= 0.6 is 0 Å². The van der Waals surface area contributed by atoms with Crippen LogP contribution in [0.3, 0.4) is 0 Å². The van der Waals surface area contributed by atoms with Gasteiger partial charge in [-0.3, -0.25) is 4.98 Å². The lowest BCUT2D eigenvalue weighted by molar-refractivity contribution is 0.582. The zero-order chi connectivity index (χ0) is 14.7. The van der Waals surface area contributed by atoms with Crippen LogP contribution in [0.5, 0.6) is 0 Å². The molecule has 2 N–H and O–H groups in total. The van der Waals surface area contributed by atoms with Crippen molar-refractivity contribution in [1.82, 2.24) is 19.7 Å². The largest absolute Gasteiger partial charge is 0.349 e. The second-order valence-corrected chi connectivity index (χ2v) is 6.27. The smallest absolute Gasteiger partial charge is 0.241 e. The molecule has 1 aromatic carbocycles. The lowest BCUT2D eigenvalue weighted by Gasteiger charge is -2.08. The van der Waals surface area contributed by atoms with E-state index in [0.29, 0.717) is 11.8 Å². The number of pyridine rings is 1. The molecule has 0 radical (unpaired) electrons. The van der Waals surface area contributed by atoms with Gasteiger partial charge in [-0.2, -0.15) is 0 Å². The molecule has 7 heteroatoms. The molecular formula is C14H14N4O2S. The maximum atomic E-state index is 12.4. The van der Waals surface area contributed by atoms with Crippen molar-refractivity contribution in [2.75, 3.05) is 6.54 Å². The van der Waals surface area contributed by atoms with E-state index in [9.17, 15) is 8.42 Å². The number of benzene rings is 1. The third-order valence-electron chi connectivity index (χ3n) is 3.14. The van der Waals surface area contributed by atoms with Gasteiger partial charge in [-0.05, 0) is 12.1 Å². The molecule has 3 rings (SSSR count). The number of imidazole rings is 1. The second kappa shape index (κ2) is 5.63. The molecule has 21 heavy (non-hydrogen) atoms. The first-order chi connectivity index (χ1) is 10.2. The maximum absolute atomic E-state index is 12.4. The fourth-order valence-corrected chi connectivity index (χ4v) is 3.40. The van der Waals surface area contributed by atoms with E-state index in [4.69, 9.17) is 0 Å². The Hall–Kier alpha value is -2.25. The molecule has 6 nitrogen and oxygen atoms in total. The molecule has 2 heterocycles. The summed E-state index contributed by atoms with van der Waals surface area (Å²) in [5.41, 5.74) is 0. The lowest BCUT2D eigenvalue weighted by atomic mass is 10.2. The van der Waals surface area contributed by atoms with Crippen molar-refractivity contribution >= 4 is 20.8 Å². The summed E-state index contributed by atoms with van der Waals surface area (Å²) >= 11 is 0. The van der Waals surface area contributed by atoms with Crippen LogP contribution in [0.2, 0.25) is 0 Å². The normalized spacial score (nSPS) is 11.8. The number of H-pyrrole nitrogens is 1. The minimum atomic E-state index is -3.56. The Morgan fingerprint density at radius 3 is 2.90 bits per heavy atom. The van der Waals surface area contributed by atoms with Gasteiger partial charge in [0.2, 0.25) is 10.0 Å². The van der Waals surface area contributed by atoms with Gasteiger partial charge in [0.1, 0.15) is 5.82 Å². The fourth-order valence-electron chi connectivity index (χ4n) is 2.14. The van der Waals surface area contributed by atoms with Gasteiger partial charge >= 0.3 is 0 Å². The topological polar surface area (TPSA) is 87.7 Å². The van der Waals surface area contributed by atoms with Crippen LogP contribution in [0.15, 0.2) is 53.9 Å². The highest BCUT2D eigenvalue weighted by atomic mass is 32.2. The van der Waals surface area contributed by atoms with Gasteiger partial charge < -0.3 is 4.98 Å². The molecule has 0 spiro atoms. The highest BCUT2D eigenvalue weighted by Gasteiger charge is 2.16. The number of nitrogens with one attached hydrogen (secondary N) is 2. The van der Waals surface area contributed by atoms with E-state index in [1.807, 2.05) is 6.07 Å². The highest BCUT2D eigenvalue weighted by molar-refractivity contribution is 7.89. The highest BCUT2D eigenvalue weighted by Crippen LogP contribution is 2.21. The molecule has 0 aliphatic heterocycles. The Labute approximate surface area is 122 Å². The van der Waals surface area contributed by atoms with Crippen molar-refractivity contribution in [3.05, 3.63) is 54.9 Å². The summed E-state index contributed by atoms with van der Waals surface area (Å²) in [4.78, 5) is 11.3. The van der Waals surface area contributed by atoms with Crippen molar-refractivity contribution in [1.29, 1.82) is 0 Å². The molecule has 0 unspecified atom stereocenters. The Bertz CT molecular complexity index is 839. The summed E-state index contributed by atoms with van der Waals surface area (Å²) in [6.07, 6.45) is 7.10. The number of hydrogen-bond donors (Lipinski definition) is 2. The number of aromatic nitrogens is 3. The van der Waals surface area contributed by atoms with Gasteiger partial charge in [-0.15, -0.1) is 0 Å². The Kier molecular flexibility index (Phi) is 3.68. The monoisotopic (exact) mass is 302 g/mol. The predicted octanol–water partition coefficient (Wildman–Crippen LogP) is 1.48. The van der Waals surface area contributed by atoms with Crippen LogP contribution in [-0.4, -0.2) is 29.9 Å². The predicted molar refractivity (Wildman–Crippen MR) is 79.2 cm³/mol. The molecule has 2 aromatic heterocycles. The van der Waals surface area contributed by atoms with Crippen LogP contribution in [0.25, 0.3) is 10.8 Å². The van der Waals surface area contributed by atoms with E-state index in [2.05, 4.69) is 19.7 Å². The van der Waals surface area contributed by atoms with E-state index in [-0.39, 0.29) is 11.4 Å². The number of sulfonamides is 1. The second-order valence-electron chi connectivity index (χ2n) is 4.54. The first kappa shape index (κ1) is 13.7. The standard InChI is InChI=1S/C14H14N4O2S/c19-21(20,18-7-5-14-16-8-9-17-14)13-3-1-2-11-10-15-6-4-12(11)13/h1-4,6,8-10,18H,5,7H2,(H,16,17). The van der Waals surface area contributed by atoms with Crippen molar-refractivity contribution < 1.29 is 8.42 Å². The summed E-state index contributed by atoms with van der Waals surface area (Å²) in [5, 5.41) is 1.46. The third kappa shape index (κ3) is 2.93. The molecule has 0 fully saturated rings. The zero-order valence-corrected chi connectivity index (χ0v) is 12.0. The molecule has 3 aromatic rings. The van der Waals surface area contributed by atoms with Crippen LogP contribution in [-0.2, 0) is 16.4 Å². The van der Waals surface area contributed by atoms with E-state index in [1.165, 1.54) is 0 Å². The summed E-state index contributed by atoms with van der Waals surface area (Å²) in [6.45, 7) is 0.289. The van der Waals surface area contributed by atoms with Gasteiger partial charge in [0.15, 0.2) is 0 Å². The number of rotatable bonds is 5. The Morgan fingerprint density at radius 1 is 1.19 bits per heavy atom. The van der Waals surface area contributed by atoms with Gasteiger partial charge in [-0.25, -0.2) is 18.1 Å². The van der Waals surface area contributed by atoms with Crippen LogP contribution in [0, 0.1) is 0 Å². The molecule has 108 valence electrons. The zero-order valence-electron chi connectivity index (χ0n) is 11.2. The fraction of sp³-hybridized carbons (Fsp3) is 0.143. The molecule has 0 atom stereocenters. The third-order valence-corrected chi connectivity index (χ3v) is 4.66. The quantitative estimate of drug-likeness (QED) is 0.747. The average Bonchev–Trinajstić information content (AvgIpc) is 3.00. The van der Waals surface area contributed by atoms with E-state index < -0.39 is 10.0 Å². The van der Waals surface area contributed by atoms with Crippen molar-refractivity contribution in [3.8, 4) is 0 Å². The van der Waals surface area contributed by atoms with Crippen molar-refractivity contribution in [2.45, 2.75) is 11.3 Å². The van der Waals surface area contributed by atoms with E-state index in [0.717, 1.165) is 11.2 Å². The van der Waals surface area contributed by atoms with E-state index >= 15 is 0 Å². The molecular weight excluding hydrogens is 288 g/mol. The minimum absolute atomic E-state index is 0.266. The minimum Gasteiger partial charge on any atom is -0.349 e. The summed E-state index contributed by atoms with van der Waals surface area (Å²) in [5.74, 6) is 0.750. The molecule has 0 saturated carbocycles. The van der Waals surface area contributed by atoms with Crippen LogP contribution < -0.4 is 4.72 Å².